The summed E-state index contributed by atoms with van der Waals surface area (Å²) in [7, 11) is 3.42. The quantitative estimate of drug-likeness (QED) is 0.716. The molecule has 3 aromatic rings. The Balaban J connectivity index is 1.87. The van der Waals surface area contributed by atoms with Crippen LogP contribution in [0.25, 0.3) is 10.9 Å². The second-order valence-corrected chi connectivity index (χ2v) is 7.19. The fourth-order valence-corrected chi connectivity index (χ4v) is 3.90. The van der Waals surface area contributed by atoms with Gasteiger partial charge in [-0.2, -0.15) is 0 Å². The van der Waals surface area contributed by atoms with Crippen LogP contribution in [0.4, 0.5) is 11.4 Å². The summed E-state index contributed by atoms with van der Waals surface area (Å²) in [4.78, 5) is 27.4. The highest BCUT2D eigenvalue weighted by Crippen LogP contribution is 2.38. The van der Waals surface area contributed by atoms with Crippen molar-refractivity contribution in [3.63, 3.8) is 0 Å². The molecule has 0 unspecified atom stereocenters. The van der Waals surface area contributed by atoms with Crippen molar-refractivity contribution in [3.05, 3.63) is 53.2 Å². The standard InChI is InChI=1S/C21H20ClN3O3/c1-24-17-9-8-15(28-2)12-16(17)19(25-10-4-7-18(25)26)20(24)21(27)23-14-6-3-5-13(22)11-14/h3,5-6,8-9,11-12H,4,7,10H2,1-2H3,(H,23,27). The average Bonchev–Trinajstić information content (AvgIpc) is 3.22. The van der Waals surface area contributed by atoms with Gasteiger partial charge in [0, 0.05) is 36.1 Å². The van der Waals surface area contributed by atoms with Gasteiger partial charge < -0.3 is 19.5 Å². The maximum Gasteiger partial charge on any atom is 0.274 e. The van der Waals surface area contributed by atoms with E-state index in [2.05, 4.69) is 5.32 Å². The Labute approximate surface area is 167 Å². The van der Waals surface area contributed by atoms with Crippen LogP contribution in [0.2, 0.25) is 5.02 Å². The summed E-state index contributed by atoms with van der Waals surface area (Å²) in [5.74, 6) is 0.398. The monoisotopic (exact) mass is 397 g/mol. The van der Waals surface area contributed by atoms with E-state index >= 15 is 0 Å². The zero-order chi connectivity index (χ0) is 19.8. The zero-order valence-corrected chi connectivity index (χ0v) is 16.4. The van der Waals surface area contributed by atoms with Crippen LogP contribution in [0.5, 0.6) is 5.75 Å². The minimum Gasteiger partial charge on any atom is -0.497 e. The smallest absolute Gasteiger partial charge is 0.274 e. The molecule has 1 aliphatic heterocycles. The van der Waals surface area contributed by atoms with Crippen molar-refractivity contribution in [3.8, 4) is 5.75 Å². The number of aromatic nitrogens is 1. The average molecular weight is 398 g/mol. The molecule has 2 heterocycles. The first-order valence-electron chi connectivity index (χ1n) is 9.03. The van der Waals surface area contributed by atoms with Crippen molar-refractivity contribution in [1.82, 2.24) is 4.57 Å². The molecule has 0 atom stereocenters. The van der Waals surface area contributed by atoms with Gasteiger partial charge >= 0.3 is 0 Å². The molecular weight excluding hydrogens is 378 g/mol. The van der Waals surface area contributed by atoms with Gasteiger partial charge in [0.1, 0.15) is 11.4 Å². The molecule has 1 N–H and O–H groups in total. The molecule has 1 fully saturated rings. The van der Waals surface area contributed by atoms with Crippen LogP contribution in [-0.4, -0.2) is 30.0 Å². The summed E-state index contributed by atoms with van der Waals surface area (Å²) in [6.07, 6.45) is 1.25. The van der Waals surface area contributed by atoms with Gasteiger partial charge in [0.25, 0.3) is 5.91 Å². The molecule has 144 valence electrons. The van der Waals surface area contributed by atoms with Crippen LogP contribution in [0.3, 0.4) is 0 Å². The number of nitrogens with one attached hydrogen (secondary N) is 1. The topological polar surface area (TPSA) is 63.6 Å². The molecule has 0 radical (unpaired) electrons. The highest BCUT2D eigenvalue weighted by molar-refractivity contribution is 6.31. The van der Waals surface area contributed by atoms with Gasteiger partial charge in [-0.25, -0.2) is 0 Å². The normalized spacial score (nSPS) is 14.0. The molecule has 7 heteroatoms. The van der Waals surface area contributed by atoms with Crippen LogP contribution >= 0.6 is 11.6 Å². The Hall–Kier alpha value is -2.99. The van der Waals surface area contributed by atoms with E-state index in [1.165, 1.54) is 0 Å². The van der Waals surface area contributed by atoms with E-state index in [1.54, 1.807) is 36.3 Å². The Bertz CT molecular complexity index is 1090. The minimum absolute atomic E-state index is 0.0205. The fourth-order valence-electron chi connectivity index (χ4n) is 3.71. The van der Waals surface area contributed by atoms with Crippen molar-refractivity contribution in [2.75, 3.05) is 23.9 Å². The van der Waals surface area contributed by atoms with Gasteiger partial charge in [0.2, 0.25) is 5.91 Å². The van der Waals surface area contributed by atoms with E-state index in [0.29, 0.717) is 40.8 Å². The van der Waals surface area contributed by atoms with Gasteiger partial charge in [0.05, 0.1) is 18.3 Å². The molecule has 0 bridgehead atoms. The van der Waals surface area contributed by atoms with E-state index in [1.807, 2.05) is 29.8 Å². The van der Waals surface area contributed by atoms with Crippen molar-refractivity contribution < 1.29 is 14.3 Å². The third kappa shape index (κ3) is 3.10. The molecule has 0 saturated carbocycles. The summed E-state index contributed by atoms with van der Waals surface area (Å²) in [6, 6.07) is 12.6. The highest BCUT2D eigenvalue weighted by atomic mass is 35.5. The van der Waals surface area contributed by atoms with Crippen LogP contribution in [0.15, 0.2) is 42.5 Å². The number of carbonyl (C=O) groups excluding carboxylic acids is 2. The number of benzene rings is 2. The number of hydrogen-bond acceptors (Lipinski definition) is 3. The summed E-state index contributed by atoms with van der Waals surface area (Å²) in [5.41, 5.74) is 2.50. The Morgan fingerprint density at radius 2 is 2.04 bits per heavy atom. The number of rotatable bonds is 4. The van der Waals surface area contributed by atoms with E-state index < -0.39 is 0 Å². The fraction of sp³-hybridized carbons (Fsp3) is 0.238. The van der Waals surface area contributed by atoms with Crippen LogP contribution < -0.4 is 15.0 Å². The molecule has 4 rings (SSSR count). The lowest BCUT2D eigenvalue weighted by Gasteiger charge is -2.18. The SMILES string of the molecule is COc1ccc2c(c1)c(N1CCCC1=O)c(C(=O)Nc1cccc(Cl)c1)n2C. The summed E-state index contributed by atoms with van der Waals surface area (Å²) >= 11 is 6.03. The van der Waals surface area contributed by atoms with Crippen LogP contribution in [0, 0.1) is 0 Å². The number of amides is 2. The largest absolute Gasteiger partial charge is 0.497 e. The lowest BCUT2D eigenvalue weighted by atomic mass is 10.2. The van der Waals surface area contributed by atoms with Crippen molar-refractivity contribution in [2.24, 2.45) is 7.05 Å². The lowest BCUT2D eigenvalue weighted by molar-refractivity contribution is -0.117. The molecule has 0 spiro atoms. The molecule has 2 amide bonds. The first-order valence-corrected chi connectivity index (χ1v) is 9.41. The molecular formula is C21H20ClN3O3. The number of aryl methyl sites for hydroxylation is 1. The second kappa shape index (κ2) is 7.20. The molecule has 6 nitrogen and oxygen atoms in total. The minimum atomic E-state index is -0.297. The van der Waals surface area contributed by atoms with E-state index in [0.717, 1.165) is 17.3 Å². The number of anilines is 2. The first kappa shape index (κ1) is 18.4. The number of halogens is 1. The maximum atomic E-state index is 13.2. The molecule has 0 aliphatic carbocycles. The molecule has 1 saturated heterocycles. The Morgan fingerprint density at radius 3 is 2.71 bits per heavy atom. The lowest BCUT2D eigenvalue weighted by Crippen LogP contribution is -2.27. The summed E-state index contributed by atoms with van der Waals surface area (Å²) in [5, 5.41) is 4.24. The Kier molecular flexibility index (Phi) is 4.73. The zero-order valence-electron chi connectivity index (χ0n) is 15.7. The maximum absolute atomic E-state index is 13.2. The molecule has 28 heavy (non-hydrogen) atoms. The van der Waals surface area contributed by atoms with E-state index in [9.17, 15) is 9.59 Å². The number of ether oxygens (including phenoxy) is 1. The predicted molar refractivity (Wildman–Crippen MR) is 110 cm³/mol. The third-order valence-corrected chi connectivity index (χ3v) is 5.26. The number of carbonyl (C=O) groups is 2. The molecule has 2 aromatic carbocycles. The van der Waals surface area contributed by atoms with Gasteiger partial charge in [0.15, 0.2) is 0 Å². The summed E-state index contributed by atoms with van der Waals surface area (Å²) in [6.45, 7) is 0.590. The predicted octanol–water partition coefficient (Wildman–Crippen LogP) is 4.22. The Morgan fingerprint density at radius 1 is 1.21 bits per heavy atom. The number of nitrogens with zero attached hydrogens (tertiary/aromatic N) is 2. The van der Waals surface area contributed by atoms with Gasteiger partial charge in [-0.1, -0.05) is 17.7 Å². The molecule has 1 aliphatic rings. The van der Waals surface area contributed by atoms with Crippen molar-refractivity contribution >= 4 is 45.7 Å². The van der Waals surface area contributed by atoms with Gasteiger partial charge in [-0.05, 0) is 42.8 Å². The second-order valence-electron chi connectivity index (χ2n) is 6.75. The molecule has 1 aromatic heterocycles. The number of methoxy groups -OCH3 is 1. The van der Waals surface area contributed by atoms with Gasteiger partial charge in [-0.15, -0.1) is 0 Å². The van der Waals surface area contributed by atoms with E-state index in [4.69, 9.17) is 16.3 Å². The van der Waals surface area contributed by atoms with E-state index in [-0.39, 0.29) is 11.8 Å². The number of fused-ring (bicyclic) bond motifs is 1. The highest BCUT2D eigenvalue weighted by Gasteiger charge is 2.31. The number of hydrogen-bond donors (Lipinski definition) is 1. The third-order valence-electron chi connectivity index (χ3n) is 5.02. The van der Waals surface area contributed by atoms with Crippen molar-refractivity contribution in [1.29, 1.82) is 0 Å². The summed E-state index contributed by atoms with van der Waals surface area (Å²) < 4.78 is 7.17. The van der Waals surface area contributed by atoms with Crippen LogP contribution in [-0.2, 0) is 11.8 Å². The van der Waals surface area contributed by atoms with Gasteiger partial charge in [-0.3, -0.25) is 9.59 Å². The first-order chi connectivity index (χ1) is 13.5. The van der Waals surface area contributed by atoms with Crippen molar-refractivity contribution in [2.45, 2.75) is 12.8 Å². The van der Waals surface area contributed by atoms with Crippen LogP contribution in [0.1, 0.15) is 23.3 Å².